The number of benzene rings is 2. The van der Waals surface area contributed by atoms with Crippen LogP contribution >= 0.6 is 27.7 Å². The molecule has 0 unspecified atom stereocenters. The third kappa shape index (κ3) is 5.22. The maximum atomic E-state index is 12.3. The third-order valence-electron chi connectivity index (χ3n) is 4.52. The van der Waals surface area contributed by atoms with Crippen LogP contribution in [-0.4, -0.2) is 35.4 Å². The molecule has 0 saturated carbocycles. The van der Waals surface area contributed by atoms with Crippen molar-refractivity contribution in [1.82, 2.24) is 4.90 Å². The molecule has 0 bridgehead atoms. The number of carbonyl (C=O) groups excluding carboxylic acids is 1. The fourth-order valence-electron chi connectivity index (χ4n) is 2.94. The van der Waals surface area contributed by atoms with Crippen molar-refractivity contribution in [3.05, 3.63) is 69.7 Å². The van der Waals surface area contributed by atoms with Gasteiger partial charge in [-0.15, -0.1) is 0 Å². The van der Waals surface area contributed by atoms with E-state index >= 15 is 0 Å². The van der Waals surface area contributed by atoms with Gasteiger partial charge >= 0.3 is 0 Å². The van der Waals surface area contributed by atoms with Crippen LogP contribution in [0.4, 0.5) is 5.69 Å². The highest BCUT2D eigenvalue weighted by Crippen LogP contribution is 2.22. The number of amides is 1. The van der Waals surface area contributed by atoms with E-state index in [2.05, 4.69) is 39.1 Å². The first kappa shape index (κ1) is 19.2. The Balaban J connectivity index is 1.66. The Hall–Kier alpha value is -1.56. The van der Waals surface area contributed by atoms with Gasteiger partial charge in [-0.25, -0.2) is 0 Å². The van der Waals surface area contributed by atoms with E-state index in [1.54, 1.807) is 6.08 Å². The lowest BCUT2D eigenvalue weighted by Crippen LogP contribution is -2.32. The van der Waals surface area contributed by atoms with Crippen LogP contribution in [0.5, 0.6) is 0 Å². The molecular weight excluding hydrogens is 408 g/mol. The first-order chi connectivity index (χ1) is 12.6. The molecular formula is C21H23BrN2OS. The Bertz CT molecular complexity index is 800. The van der Waals surface area contributed by atoms with Crippen molar-refractivity contribution in [2.45, 2.75) is 13.5 Å². The van der Waals surface area contributed by atoms with Crippen LogP contribution in [0, 0.1) is 6.92 Å². The Kier molecular flexibility index (Phi) is 6.94. The second-order valence-electron chi connectivity index (χ2n) is 6.32. The summed E-state index contributed by atoms with van der Waals surface area (Å²) in [5.74, 6) is 2.29. The standard InChI is InChI=1S/C21H23BrN2OS/c1-16-18(15-24-11-13-26-14-12-24)6-4-8-20(16)23-21(25)10-9-17-5-2-3-7-19(17)22/h2-10H,11-15H2,1H3,(H,23,25)/b10-9+. The number of hydrogen-bond acceptors (Lipinski definition) is 3. The zero-order chi connectivity index (χ0) is 18.4. The van der Waals surface area contributed by atoms with Gasteiger partial charge in [-0.3, -0.25) is 9.69 Å². The lowest BCUT2D eigenvalue weighted by atomic mass is 10.1. The van der Waals surface area contributed by atoms with Crippen LogP contribution in [0.3, 0.4) is 0 Å². The van der Waals surface area contributed by atoms with Crippen LogP contribution in [0.25, 0.3) is 6.08 Å². The molecule has 2 aromatic carbocycles. The molecule has 0 aromatic heterocycles. The second kappa shape index (κ2) is 9.40. The number of anilines is 1. The third-order valence-corrected chi connectivity index (χ3v) is 6.19. The van der Waals surface area contributed by atoms with Crippen molar-refractivity contribution in [3.63, 3.8) is 0 Å². The number of hydrogen-bond donors (Lipinski definition) is 1. The minimum atomic E-state index is -0.115. The van der Waals surface area contributed by atoms with E-state index in [4.69, 9.17) is 0 Å². The maximum Gasteiger partial charge on any atom is 0.248 e. The van der Waals surface area contributed by atoms with Crippen molar-refractivity contribution in [2.75, 3.05) is 29.9 Å². The first-order valence-electron chi connectivity index (χ1n) is 8.75. The van der Waals surface area contributed by atoms with E-state index in [1.807, 2.05) is 54.2 Å². The molecule has 1 amide bonds. The molecule has 0 radical (unpaired) electrons. The molecule has 1 fully saturated rings. The summed E-state index contributed by atoms with van der Waals surface area (Å²) < 4.78 is 0.974. The van der Waals surface area contributed by atoms with Crippen LogP contribution < -0.4 is 5.32 Å². The van der Waals surface area contributed by atoms with Gasteiger partial charge in [0, 0.05) is 47.4 Å². The van der Waals surface area contributed by atoms with E-state index < -0.39 is 0 Å². The van der Waals surface area contributed by atoms with E-state index in [0.29, 0.717) is 0 Å². The van der Waals surface area contributed by atoms with Gasteiger partial charge in [-0.1, -0.05) is 46.3 Å². The van der Waals surface area contributed by atoms with Crippen molar-refractivity contribution in [2.24, 2.45) is 0 Å². The Labute approximate surface area is 168 Å². The zero-order valence-electron chi connectivity index (χ0n) is 14.9. The summed E-state index contributed by atoms with van der Waals surface area (Å²) in [7, 11) is 0. The number of rotatable bonds is 5. The summed E-state index contributed by atoms with van der Waals surface area (Å²) in [5.41, 5.74) is 4.30. The van der Waals surface area contributed by atoms with Crippen LogP contribution in [0.1, 0.15) is 16.7 Å². The fraction of sp³-hybridized carbons (Fsp3) is 0.286. The van der Waals surface area contributed by atoms with Gasteiger partial charge in [-0.2, -0.15) is 11.8 Å². The predicted molar refractivity (Wildman–Crippen MR) is 116 cm³/mol. The molecule has 1 aliphatic rings. The van der Waals surface area contributed by atoms with E-state index in [-0.39, 0.29) is 5.91 Å². The van der Waals surface area contributed by atoms with Gasteiger partial charge < -0.3 is 5.32 Å². The Morgan fingerprint density at radius 3 is 2.73 bits per heavy atom. The average Bonchev–Trinajstić information content (AvgIpc) is 2.65. The first-order valence-corrected chi connectivity index (χ1v) is 10.7. The Morgan fingerprint density at radius 2 is 1.96 bits per heavy atom. The van der Waals surface area contributed by atoms with Crippen molar-refractivity contribution in [1.29, 1.82) is 0 Å². The summed E-state index contributed by atoms with van der Waals surface area (Å²) in [6.07, 6.45) is 3.40. The van der Waals surface area contributed by atoms with Gasteiger partial charge in [0.1, 0.15) is 0 Å². The minimum absolute atomic E-state index is 0.115. The van der Waals surface area contributed by atoms with E-state index in [0.717, 1.165) is 40.9 Å². The van der Waals surface area contributed by atoms with E-state index in [1.165, 1.54) is 17.1 Å². The molecule has 1 heterocycles. The molecule has 3 nitrogen and oxygen atoms in total. The fourth-order valence-corrected chi connectivity index (χ4v) is 4.34. The summed E-state index contributed by atoms with van der Waals surface area (Å²) >= 11 is 5.51. The van der Waals surface area contributed by atoms with Crippen molar-refractivity contribution >= 4 is 45.4 Å². The number of nitrogens with zero attached hydrogens (tertiary/aromatic N) is 1. The molecule has 5 heteroatoms. The monoisotopic (exact) mass is 430 g/mol. The average molecular weight is 431 g/mol. The zero-order valence-corrected chi connectivity index (χ0v) is 17.3. The normalized spacial score (nSPS) is 15.3. The molecule has 26 heavy (non-hydrogen) atoms. The smallest absolute Gasteiger partial charge is 0.248 e. The second-order valence-corrected chi connectivity index (χ2v) is 8.40. The highest BCUT2D eigenvalue weighted by Gasteiger charge is 2.13. The molecule has 1 aliphatic heterocycles. The van der Waals surface area contributed by atoms with Gasteiger partial charge in [0.25, 0.3) is 0 Å². The highest BCUT2D eigenvalue weighted by molar-refractivity contribution is 9.10. The SMILES string of the molecule is Cc1c(CN2CCSCC2)cccc1NC(=O)/C=C/c1ccccc1Br. The van der Waals surface area contributed by atoms with Gasteiger partial charge in [0.15, 0.2) is 0 Å². The lowest BCUT2D eigenvalue weighted by Gasteiger charge is -2.27. The van der Waals surface area contributed by atoms with Crippen LogP contribution in [0.2, 0.25) is 0 Å². The molecule has 1 saturated heterocycles. The molecule has 0 atom stereocenters. The minimum Gasteiger partial charge on any atom is -0.322 e. The van der Waals surface area contributed by atoms with Gasteiger partial charge in [-0.05, 0) is 41.8 Å². The number of halogens is 1. The summed E-state index contributed by atoms with van der Waals surface area (Å²) in [6, 6.07) is 14.0. The van der Waals surface area contributed by atoms with Crippen LogP contribution in [0.15, 0.2) is 53.0 Å². The van der Waals surface area contributed by atoms with Gasteiger partial charge in [0.2, 0.25) is 5.91 Å². The topological polar surface area (TPSA) is 32.3 Å². The molecule has 0 aliphatic carbocycles. The molecule has 136 valence electrons. The molecule has 1 N–H and O–H groups in total. The Morgan fingerprint density at radius 1 is 1.19 bits per heavy atom. The number of thioether (sulfide) groups is 1. The predicted octanol–water partition coefficient (Wildman–Crippen LogP) is 4.96. The quantitative estimate of drug-likeness (QED) is 0.680. The number of nitrogens with one attached hydrogen (secondary N) is 1. The lowest BCUT2D eigenvalue weighted by molar-refractivity contribution is -0.111. The molecule has 0 spiro atoms. The largest absolute Gasteiger partial charge is 0.322 e. The van der Waals surface area contributed by atoms with Crippen LogP contribution in [-0.2, 0) is 11.3 Å². The van der Waals surface area contributed by atoms with Gasteiger partial charge in [0.05, 0.1) is 0 Å². The van der Waals surface area contributed by atoms with Crippen molar-refractivity contribution in [3.8, 4) is 0 Å². The highest BCUT2D eigenvalue weighted by atomic mass is 79.9. The maximum absolute atomic E-state index is 12.3. The summed E-state index contributed by atoms with van der Waals surface area (Å²) in [5, 5.41) is 3.01. The van der Waals surface area contributed by atoms with Crippen molar-refractivity contribution < 1.29 is 4.79 Å². The molecule has 3 rings (SSSR count). The molecule has 2 aromatic rings. The summed E-state index contributed by atoms with van der Waals surface area (Å²) in [4.78, 5) is 14.8. The summed E-state index contributed by atoms with van der Waals surface area (Å²) in [6.45, 7) is 5.30. The number of carbonyl (C=O) groups is 1. The van der Waals surface area contributed by atoms with E-state index in [9.17, 15) is 4.79 Å².